The number of para-hydroxylation sites is 1. The van der Waals surface area contributed by atoms with Crippen molar-refractivity contribution in [3.8, 4) is 5.75 Å². The van der Waals surface area contributed by atoms with Gasteiger partial charge in [-0.3, -0.25) is 4.79 Å². The van der Waals surface area contributed by atoms with Gasteiger partial charge in [0.15, 0.2) is 0 Å². The summed E-state index contributed by atoms with van der Waals surface area (Å²) in [4.78, 5) is 19.7. The number of carbonyl (C=O) groups excluding carboxylic acids is 1. The van der Waals surface area contributed by atoms with Gasteiger partial charge in [0.25, 0.3) is 5.91 Å². The van der Waals surface area contributed by atoms with Crippen molar-refractivity contribution in [3.63, 3.8) is 0 Å². The van der Waals surface area contributed by atoms with Gasteiger partial charge in [0, 0.05) is 51.5 Å². The minimum Gasteiger partial charge on any atom is -0.492 e. The lowest BCUT2D eigenvalue weighted by molar-refractivity contribution is 0.0425. The first-order valence-electron chi connectivity index (χ1n) is 12.4. The normalized spacial score (nSPS) is 19.7. The molecule has 2 aromatic carbocycles. The second-order valence-electron chi connectivity index (χ2n) is 10.1. The Bertz CT molecular complexity index is 917. The van der Waals surface area contributed by atoms with Crippen LogP contribution < -0.4 is 9.64 Å². The van der Waals surface area contributed by atoms with Crippen LogP contribution in [0.1, 0.15) is 48.0 Å². The molecule has 4 rings (SSSR count). The summed E-state index contributed by atoms with van der Waals surface area (Å²) in [5.41, 5.74) is 3.53. The number of aryl methyl sites for hydroxylation is 1. The molecule has 2 aromatic rings. The number of anilines is 1. The lowest BCUT2D eigenvalue weighted by Gasteiger charge is -2.44. The molecule has 0 N–H and O–H groups in total. The summed E-state index contributed by atoms with van der Waals surface area (Å²) < 4.78 is 6.13. The van der Waals surface area contributed by atoms with Gasteiger partial charge >= 0.3 is 0 Å². The maximum atomic E-state index is 13.1. The Balaban J connectivity index is 1.39. The third kappa shape index (κ3) is 5.89. The molecule has 178 valence electrons. The highest BCUT2D eigenvalue weighted by molar-refractivity contribution is 5.94. The molecule has 1 spiro atoms. The SMILES string of the molecule is CN1CCOc2ccccc2CCCCC2(CCN(C(=O)c3ccc(N(C)C)cc3)CC2)C1. The molecule has 0 aliphatic carbocycles. The molecule has 1 fully saturated rings. The largest absolute Gasteiger partial charge is 0.492 e. The maximum absolute atomic E-state index is 13.1. The molecule has 0 bridgehead atoms. The Morgan fingerprint density at radius 1 is 0.939 bits per heavy atom. The monoisotopic (exact) mass is 449 g/mol. The molecule has 0 saturated carbocycles. The van der Waals surface area contributed by atoms with Crippen LogP contribution in [0.15, 0.2) is 48.5 Å². The van der Waals surface area contributed by atoms with Gasteiger partial charge < -0.3 is 19.4 Å². The number of piperidine rings is 1. The molecule has 2 heterocycles. The molecule has 0 aromatic heterocycles. The number of benzene rings is 2. The zero-order valence-electron chi connectivity index (χ0n) is 20.6. The summed E-state index contributed by atoms with van der Waals surface area (Å²) in [5.74, 6) is 1.22. The van der Waals surface area contributed by atoms with Crippen molar-refractivity contribution in [3.05, 3.63) is 59.7 Å². The van der Waals surface area contributed by atoms with Crippen LogP contribution in [0, 0.1) is 5.41 Å². The molecule has 33 heavy (non-hydrogen) atoms. The van der Waals surface area contributed by atoms with Crippen molar-refractivity contribution in [1.82, 2.24) is 9.80 Å². The topological polar surface area (TPSA) is 36.0 Å². The Labute approximate surface area is 199 Å². The van der Waals surface area contributed by atoms with Gasteiger partial charge in [0.1, 0.15) is 12.4 Å². The van der Waals surface area contributed by atoms with E-state index >= 15 is 0 Å². The van der Waals surface area contributed by atoms with E-state index in [9.17, 15) is 4.79 Å². The zero-order chi connectivity index (χ0) is 23.3. The molecule has 0 unspecified atom stereocenters. The molecule has 5 nitrogen and oxygen atoms in total. The number of likely N-dealkylation sites (tertiary alicyclic amines) is 1. The van der Waals surface area contributed by atoms with Gasteiger partial charge in [-0.1, -0.05) is 24.6 Å². The summed E-state index contributed by atoms with van der Waals surface area (Å²) in [6, 6.07) is 16.5. The van der Waals surface area contributed by atoms with Crippen LogP contribution in [0.5, 0.6) is 5.75 Å². The Kier molecular flexibility index (Phi) is 7.59. The molecule has 5 heteroatoms. The summed E-state index contributed by atoms with van der Waals surface area (Å²) in [6.07, 6.45) is 6.89. The lowest BCUT2D eigenvalue weighted by Crippen LogP contribution is -2.48. The number of likely N-dealkylation sites (N-methyl/N-ethyl adjacent to an activating group) is 1. The number of amides is 1. The van der Waals surface area contributed by atoms with Crippen LogP contribution in [-0.4, -0.2) is 69.6 Å². The van der Waals surface area contributed by atoms with Crippen molar-refractivity contribution >= 4 is 11.6 Å². The highest BCUT2D eigenvalue weighted by Gasteiger charge is 2.36. The summed E-state index contributed by atoms with van der Waals surface area (Å²) in [6.45, 7) is 4.43. The number of fused-ring (bicyclic) bond motifs is 1. The molecular formula is C28H39N3O2. The predicted molar refractivity (Wildman–Crippen MR) is 135 cm³/mol. The van der Waals surface area contributed by atoms with E-state index in [1.165, 1.54) is 24.8 Å². The van der Waals surface area contributed by atoms with Crippen LogP contribution in [0.4, 0.5) is 5.69 Å². The first-order valence-corrected chi connectivity index (χ1v) is 12.4. The van der Waals surface area contributed by atoms with E-state index in [2.05, 4.69) is 46.0 Å². The van der Waals surface area contributed by atoms with Crippen molar-refractivity contribution in [2.75, 3.05) is 58.8 Å². The van der Waals surface area contributed by atoms with Gasteiger partial charge in [-0.05, 0) is 80.5 Å². The van der Waals surface area contributed by atoms with Gasteiger partial charge in [0.05, 0.1) is 0 Å². The van der Waals surface area contributed by atoms with E-state index in [4.69, 9.17) is 4.74 Å². The van der Waals surface area contributed by atoms with Gasteiger partial charge in [-0.25, -0.2) is 0 Å². The van der Waals surface area contributed by atoms with E-state index in [0.29, 0.717) is 5.41 Å². The van der Waals surface area contributed by atoms with E-state index in [0.717, 1.165) is 69.0 Å². The van der Waals surface area contributed by atoms with E-state index in [-0.39, 0.29) is 5.91 Å². The molecule has 0 atom stereocenters. The minimum atomic E-state index is 0.168. The van der Waals surface area contributed by atoms with Crippen molar-refractivity contribution in [1.29, 1.82) is 0 Å². The molecule has 2 aliphatic rings. The van der Waals surface area contributed by atoms with Crippen molar-refractivity contribution < 1.29 is 9.53 Å². The lowest BCUT2D eigenvalue weighted by atomic mass is 9.73. The molecular weight excluding hydrogens is 410 g/mol. The van der Waals surface area contributed by atoms with Gasteiger partial charge in [-0.2, -0.15) is 0 Å². The van der Waals surface area contributed by atoms with Crippen LogP contribution in [0.3, 0.4) is 0 Å². The first kappa shape index (κ1) is 23.6. The highest BCUT2D eigenvalue weighted by atomic mass is 16.5. The molecule has 1 amide bonds. The first-order chi connectivity index (χ1) is 16.0. The van der Waals surface area contributed by atoms with Crippen LogP contribution in [0.25, 0.3) is 0 Å². The van der Waals surface area contributed by atoms with E-state index in [1.807, 2.05) is 38.4 Å². The Morgan fingerprint density at radius 2 is 1.67 bits per heavy atom. The Morgan fingerprint density at radius 3 is 2.39 bits per heavy atom. The average molecular weight is 450 g/mol. The number of ether oxygens (including phenoxy) is 1. The number of hydrogen-bond acceptors (Lipinski definition) is 4. The standard InChI is InChI=1S/C28H39N3O2/c1-29(2)25-13-11-24(12-14-25)27(32)31-18-16-28(17-19-31)15-7-6-9-23-8-4-5-10-26(23)33-21-20-30(3)22-28/h4-5,8,10-14H,6-7,9,15-22H2,1-3H3. The molecule has 1 saturated heterocycles. The zero-order valence-corrected chi connectivity index (χ0v) is 20.6. The highest BCUT2D eigenvalue weighted by Crippen LogP contribution is 2.38. The fourth-order valence-electron chi connectivity index (χ4n) is 5.39. The molecule has 0 radical (unpaired) electrons. The predicted octanol–water partition coefficient (Wildman–Crippen LogP) is 4.71. The van der Waals surface area contributed by atoms with Crippen LogP contribution >= 0.6 is 0 Å². The van der Waals surface area contributed by atoms with E-state index in [1.54, 1.807) is 0 Å². The average Bonchev–Trinajstić information content (AvgIpc) is 2.82. The van der Waals surface area contributed by atoms with Gasteiger partial charge in [-0.15, -0.1) is 0 Å². The second-order valence-corrected chi connectivity index (χ2v) is 10.1. The third-order valence-electron chi connectivity index (χ3n) is 7.45. The smallest absolute Gasteiger partial charge is 0.253 e. The van der Waals surface area contributed by atoms with Crippen LogP contribution in [-0.2, 0) is 6.42 Å². The van der Waals surface area contributed by atoms with E-state index < -0.39 is 0 Å². The second kappa shape index (κ2) is 10.6. The minimum absolute atomic E-state index is 0.168. The van der Waals surface area contributed by atoms with Crippen molar-refractivity contribution in [2.24, 2.45) is 5.41 Å². The van der Waals surface area contributed by atoms with Crippen LogP contribution in [0.2, 0.25) is 0 Å². The number of carbonyl (C=O) groups is 1. The van der Waals surface area contributed by atoms with Crippen molar-refractivity contribution in [2.45, 2.75) is 38.5 Å². The number of rotatable bonds is 2. The third-order valence-corrected chi connectivity index (χ3v) is 7.45. The number of hydrogen-bond donors (Lipinski definition) is 0. The quantitative estimate of drug-likeness (QED) is 0.665. The number of nitrogens with zero attached hydrogens (tertiary/aromatic N) is 3. The fourth-order valence-corrected chi connectivity index (χ4v) is 5.39. The summed E-state index contributed by atoms with van der Waals surface area (Å²) >= 11 is 0. The Hall–Kier alpha value is -2.53. The maximum Gasteiger partial charge on any atom is 0.253 e. The summed E-state index contributed by atoms with van der Waals surface area (Å²) in [5, 5.41) is 0. The molecule has 2 aliphatic heterocycles. The van der Waals surface area contributed by atoms with Gasteiger partial charge in [0.2, 0.25) is 0 Å². The fraction of sp³-hybridized carbons (Fsp3) is 0.536. The summed E-state index contributed by atoms with van der Waals surface area (Å²) in [7, 11) is 6.25.